The largest absolute Gasteiger partial charge is 0.489 e. The molecule has 2 rings (SSSR count). The SMILES string of the molecule is C=CCOc1c(C(C)(C)C)cc(C)cc1[Si](C)(C)C1=C(N(C)C)C=C(C)C1C. The molecule has 2 nitrogen and oxygen atoms in total. The predicted molar refractivity (Wildman–Crippen MR) is 126 cm³/mol. The molecule has 3 heteroatoms. The molecule has 1 atom stereocenters. The minimum atomic E-state index is -1.99. The number of rotatable bonds is 6. The van der Waals surface area contributed by atoms with Gasteiger partial charge >= 0.3 is 0 Å². The lowest BCUT2D eigenvalue weighted by atomic mass is 9.85. The van der Waals surface area contributed by atoms with E-state index in [1.165, 1.54) is 27.6 Å². The lowest BCUT2D eigenvalue weighted by Gasteiger charge is -2.35. The summed E-state index contributed by atoms with van der Waals surface area (Å²) in [6, 6.07) is 4.68. The Labute approximate surface area is 174 Å². The van der Waals surface area contributed by atoms with Crippen molar-refractivity contribution in [2.45, 2.75) is 60.1 Å². The maximum absolute atomic E-state index is 6.37. The van der Waals surface area contributed by atoms with Crippen LogP contribution in [-0.4, -0.2) is 33.7 Å². The first kappa shape index (κ1) is 22.5. The molecule has 1 unspecified atom stereocenters. The lowest BCUT2D eigenvalue weighted by molar-refractivity contribution is 0.353. The van der Waals surface area contributed by atoms with Gasteiger partial charge in [0, 0.05) is 19.8 Å². The number of likely N-dealkylation sites (N-methyl/N-ethyl adjacent to an activating group) is 1. The Bertz CT molecular complexity index is 822. The maximum atomic E-state index is 6.37. The fraction of sp³-hybridized carbons (Fsp3) is 0.520. The Morgan fingerprint density at radius 2 is 1.79 bits per heavy atom. The second kappa shape index (κ2) is 7.94. The van der Waals surface area contributed by atoms with Gasteiger partial charge in [-0.1, -0.05) is 76.7 Å². The molecular formula is C25H39NOSi. The van der Waals surface area contributed by atoms with E-state index in [0.29, 0.717) is 12.5 Å². The average molecular weight is 398 g/mol. The molecular weight excluding hydrogens is 358 g/mol. The quantitative estimate of drug-likeness (QED) is 0.449. The Hall–Kier alpha value is -1.74. The average Bonchev–Trinajstić information content (AvgIpc) is 2.88. The third-order valence-corrected chi connectivity index (χ3v) is 9.73. The van der Waals surface area contributed by atoms with Crippen molar-refractivity contribution in [3.8, 4) is 5.75 Å². The van der Waals surface area contributed by atoms with E-state index in [2.05, 4.69) is 98.4 Å². The van der Waals surface area contributed by atoms with E-state index in [0.717, 1.165) is 5.75 Å². The smallest absolute Gasteiger partial charge is 0.123 e. The van der Waals surface area contributed by atoms with Crippen LogP contribution in [0.15, 0.2) is 47.3 Å². The number of allylic oxidation sites excluding steroid dienone is 3. The van der Waals surface area contributed by atoms with Gasteiger partial charge in [-0.3, -0.25) is 0 Å². The van der Waals surface area contributed by atoms with Gasteiger partial charge in [-0.25, -0.2) is 0 Å². The van der Waals surface area contributed by atoms with Crippen LogP contribution < -0.4 is 9.92 Å². The van der Waals surface area contributed by atoms with Gasteiger partial charge in [0.15, 0.2) is 0 Å². The van der Waals surface area contributed by atoms with E-state index in [4.69, 9.17) is 4.74 Å². The van der Waals surface area contributed by atoms with Crippen LogP contribution in [0.25, 0.3) is 0 Å². The third kappa shape index (κ3) is 4.15. The molecule has 0 fully saturated rings. The molecule has 28 heavy (non-hydrogen) atoms. The molecule has 1 aromatic rings. The first-order chi connectivity index (χ1) is 12.8. The van der Waals surface area contributed by atoms with E-state index in [1.54, 1.807) is 5.20 Å². The van der Waals surface area contributed by atoms with Crippen molar-refractivity contribution in [2.24, 2.45) is 5.92 Å². The van der Waals surface area contributed by atoms with Crippen molar-refractivity contribution >= 4 is 13.3 Å². The summed E-state index contributed by atoms with van der Waals surface area (Å²) >= 11 is 0. The third-order valence-electron chi connectivity index (χ3n) is 5.97. The van der Waals surface area contributed by atoms with E-state index in [9.17, 15) is 0 Å². The monoisotopic (exact) mass is 397 g/mol. The minimum absolute atomic E-state index is 0.0238. The highest BCUT2D eigenvalue weighted by atomic mass is 28.3. The van der Waals surface area contributed by atoms with Crippen LogP contribution in [0.4, 0.5) is 0 Å². The molecule has 0 bridgehead atoms. The zero-order valence-electron chi connectivity index (χ0n) is 19.7. The molecule has 0 radical (unpaired) electrons. The van der Waals surface area contributed by atoms with Crippen molar-refractivity contribution in [2.75, 3.05) is 20.7 Å². The summed E-state index contributed by atoms with van der Waals surface area (Å²) in [5, 5.41) is 3.01. The van der Waals surface area contributed by atoms with Gasteiger partial charge in [-0.15, -0.1) is 0 Å². The van der Waals surface area contributed by atoms with Crippen molar-refractivity contribution in [3.63, 3.8) is 0 Å². The molecule has 1 aliphatic rings. The fourth-order valence-electron chi connectivity index (χ4n) is 4.34. The number of aryl methyl sites for hydroxylation is 1. The highest BCUT2D eigenvalue weighted by Gasteiger charge is 2.40. The Morgan fingerprint density at radius 3 is 2.29 bits per heavy atom. The minimum Gasteiger partial charge on any atom is -0.489 e. The van der Waals surface area contributed by atoms with Gasteiger partial charge in [0.2, 0.25) is 0 Å². The number of hydrogen-bond acceptors (Lipinski definition) is 2. The number of ether oxygens (including phenoxy) is 1. The summed E-state index contributed by atoms with van der Waals surface area (Å²) in [4.78, 5) is 2.28. The Morgan fingerprint density at radius 1 is 1.18 bits per heavy atom. The highest BCUT2D eigenvalue weighted by molar-refractivity contribution is 6.96. The second-order valence-electron chi connectivity index (χ2n) is 9.97. The van der Waals surface area contributed by atoms with E-state index in [1.807, 2.05) is 6.08 Å². The van der Waals surface area contributed by atoms with Gasteiger partial charge in [-0.05, 0) is 47.2 Å². The molecule has 0 heterocycles. The molecule has 1 aliphatic carbocycles. The second-order valence-corrected chi connectivity index (χ2v) is 14.3. The summed E-state index contributed by atoms with van der Waals surface area (Å²) in [6.07, 6.45) is 4.22. The summed E-state index contributed by atoms with van der Waals surface area (Å²) in [7, 11) is 2.33. The van der Waals surface area contributed by atoms with Gasteiger partial charge in [0.05, 0.1) is 0 Å². The Balaban J connectivity index is 2.80. The van der Waals surface area contributed by atoms with Crippen LogP contribution >= 0.6 is 0 Å². The molecule has 0 aromatic heterocycles. The number of benzene rings is 1. The van der Waals surface area contributed by atoms with E-state index in [-0.39, 0.29) is 5.41 Å². The molecule has 1 aromatic carbocycles. The molecule has 0 saturated carbocycles. The maximum Gasteiger partial charge on any atom is 0.123 e. The number of nitrogens with zero attached hydrogens (tertiary/aromatic N) is 1. The van der Waals surface area contributed by atoms with E-state index < -0.39 is 8.07 Å². The van der Waals surface area contributed by atoms with Gasteiger partial charge < -0.3 is 9.64 Å². The van der Waals surface area contributed by atoms with E-state index >= 15 is 0 Å². The van der Waals surface area contributed by atoms with Crippen LogP contribution in [0.3, 0.4) is 0 Å². The lowest BCUT2D eigenvalue weighted by Crippen LogP contribution is -2.48. The van der Waals surface area contributed by atoms with Crippen molar-refractivity contribution in [1.82, 2.24) is 4.90 Å². The van der Waals surface area contributed by atoms with Crippen molar-refractivity contribution in [3.05, 3.63) is 58.5 Å². The van der Waals surface area contributed by atoms with Crippen LogP contribution in [-0.2, 0) is 5.41 Å². The van der Waals surface area contributed by atoms with Crippen LogP contribution in [0, 0.1) is 12.8 Å². The van der Waals surface area contributed by atoms with Gasteiger partial charge in [-0.2, -0.15) is 0 Å². The summed E-state index contributed by atoms with van der Waals surface area (Å²) in [5.41, 5.74) is 5.48. The van der Waals surface area contributed by atoms with Gasteiger partial charge in [0.25, 0.3) is 0 Å². The molecule has 0 aliphatic heterocycles. The van der Waals surface area contributed by atoms with Crippen molar-refractivity contribution in [1.29, 1.82) is 0 Å². The molecule has 0 spiro atoms. The molecule has 154 valence electrons. The number of hydrogen-bond donors (Lipinski definition) is 0. The van der Waals surface area contributed by atoms with Crippen LogP contribution in [0.1, 0.15) is 45.7 Å². The topological polar surface area (TPSA) is 12.5 Å². The van der Waals surface area contributed by atoms with Crippen LogP contribution in [0.2, 0.25) is 13.1 Å². The zero-order chi connectivity index (χ0) is 21.4. The highest BCUT2D eigenvalue weighted by Crippen LogP contribution is 2.41. The van der Waals surface area contributed by atoms with Gasteiger partial charge in [0.1, 0.15) is 20.4 Å². The summed E-state index contributed by atoms with van der Waals surface area (Å²) in [5.74, 6) is 1.56. The summed E-state index contributed by atoms with van der Waals surface area (Å²) < 4.78 is 6.37. The summed E-state index contributed by atoms with van der Waals surface area (Å²) in [6.45, 7) is 23.0. The Kier molecular flexibility index (Phi) is 6.39. The first-order valence-corrected chi connectivity index (χ1v) is 13.3. The first-order valence-electron chi connectivity index (χ1n) is 10.3. The van der Waals surface area contributed by atoms with Crippen molar-refractivity contribution < 1.29 is 4.74 Å². The standard InChI is InChI=1S/C25H39NOSi/c1-12-13-27-23-20(25(5,6)7)14-17(2)15-22(23)28(10,11)24-19(4)18(3)16-21(24)26(8)9/h12,14-16,19H,1,13H2,2-11H3. The molecule has 0 saturated heterocycles. The zero-order valence-corrected chi connectivity index (χ0v) is 20.7. The fourth-order valence-corrected chi connectivity index (χ4v) is 8.24. The predicted octanol–water partition coefficient (Wildman–Crippen LogP) is 5.72. The normalized spacial score (nSPS) is 17.6. The molecule has 0 N–H and O–H groups in total. The molecule has 0 amide bonds. The van der Waals surface area contributed by atoms with Crippen LogP contribution in [0.5, 0.6) is 5.75 Å².